The monoisotopic (exact) mass is 249 g/mol. The third-order valence-corrected chi connectivity index (χ3v) is 4.41. The van der Waals surface area contributed by atoms with Gasteiger partial charge in [0.05, 0.1) is 10.6 Å². The van der Waals surface area contributed by atoms with Gasteiger partial charge in [-0.1, -0.05) is 30.3 Å². The molecule has 0 aromatic heterocycles. The molecule has 90 valence electrons. The van der Waals surface area contributed by atoms with Crippen LogP contribution in [-0.2, 0) is 9.84 Å². The fourth-order valence-corrected chi connectivity index (χ4v) is 3.01. The predicted octanol–water partition coefficient (Wildman–Crippen LogP) is 1.83. The first kappa shape index (κ1) is 12.1. The van der Waals surface area contributed by atoms with Gasteiger partial charge in [0.2, 0.25) is 0 Å². The van der Waals surface area contributed by atoms with Crippen molar-refractivity contribution in [2.45, 2.75) is 4.90 Å². The van der Waals surface area contributed by atoms with Crippen molar-refractivity contribution in [3.8, 4) is 0 Å². The van der Waals surface area contributed by atoms with Crippen LogP contribution in [0.15, 0.2) is 47.4 Å². The molecule has 0 aliphatic carbocycles. The first-order valence-electron chi connectivity index (χ1n) is 5.50. The maximum atomic E-state index is 12.0. The molecule has 0 unspecified atom stereocenters. The molecule has 1 N–H and O–H groups in total. The highest BCUT2D eigenvalue weighted by molar-refractivity contribution is 7.91. The molecular formula is C13H15NO2S. The van der Waals surface area contributed by atoms with Crippen LogP contribution in [0.4, 0.5) is 0 Å². The highest BCUT2D eigenvalue weighted by Gasteiger charge is 2.13. The van der Waals surface area contributed by atoms with E-state index >= 15 is 0 Å². The van der Waals surface area contributed by atoms with Gasteiger partial charge in [0.25, 0.3) is 0 Å². The zero-order valence-electron chi connectivity index (χ0n) is 9.68. The summed E-state index contributed by atoms with van der Waals surface area (Å²) in [6, 6.07) is 13.0. The summed E-state index contributed by atoms with van der Waals surface area (Å²) in [4.78, 5) is 0.395. The summed E-state index contributed by atoms with van der Waals surface area (Å²) in [6.45, 7) is 0.467. The smallest absolute Gasteiger partial charge is 0.179 e. The summed E-state index contributed by atoms with van der Waals surface area (Å²) in [5, 5.41) is 4.86. The van der Waals surface area contributed by atoms with Crippen LogP contribution >= 0.6 is 0 Å². The molecule has 2 aromatic carbocycles. The molecule has 0 heterocycles. The van der Waals surface area contributed by atoms with Gasteiger partial charge in [-0.2, -0.15) is 0 Å². The molecule has 2 rings (SSSR count). The van der Waals surface area contributed by atoms with Crippen molar-refractivity contribution in [1.82, 2.24) is 5.32 Å². The van der Waals surface area contributed by atoms with Gasteiger partial charge in [0.15, 0.2) is 9.84 Å². The van der Waals surface area contributed by atoms with Crippen LogP contribution < -0.4 is 5.32 Å². The maximum absolute atomic E-state index is 12.0. The van der Waals surface area contributed by atoms with Crippen LogP contribution in [0.2, 0.25) is 0 Å². The van der Waals surface area contributed by atoms with Crippen molar-refractivity contribution >= 4 is 20.6 Å². The maximum Gasteiger partial charge on any atom is 0.179 e. The van der Waals surface area contributed by atoms with E-state index in [0.717, 1.165) is 10.8 Å². The van der Waals surface area contributed by atoms with E-state index in [4.69, 9.17) is 0 Å². The molecular weight excluding hydrogens is 234 g/mol. The average molecular weight is 249 g/mol. The van der Waals surface area contributed by atoms with Crippen molar-refractivity contribution in [2.75, 3.05) is 19.3 Å². The Kier molecular flexibility index (Phi) is 3.45. The first-order valence-corrected chi connectivity index (χ1v) is 7.15. The van der Waals surface area contributed by atoms with Gasteiger partial charge >= 0.3 is 0 Å². The topological polar surface area (TPSA) is 46.2 Å². The molecule has 0 aliphatic rings. The van der Waals surface area contributed by atoms with Crippen molar-refractivity contribution in [3.05, 3.63) is 42.5 Å². The third kappa shape index (κ3) is 2.65. The van der Waals surface area contributed by atoms with Gasteiger partial charge in [-0.3, -0.25) is 0 Å². The number of rotatable bonds is 4. The van der Waals surface area contributed by atoms with Gasteiger partial charge < -0.3 is 5.32 Å². The van der Waals surface area contributed by atoms with Crippen LogP contribution in [0.5, 0.6) is 0 Å². The van der Waals surface area contributed by atoms with E-state index in [1.807, 2.05) is 30.3 Å². The third-order valence-electron chi connectivity index (χ3n) is 2.70. The molecule has 3 nitrogen and oxygen atoms in total. The van der Waals surface area contributed by atoms with E-state index in [1.54, 1.807) is 19.2 Å². The van der Waals surface area contributed by atoms with Crippen LogP contribution in [0.25, 0.3) is 10.8 Å². The van der Waals surface area contributed by atoms with Crippen LogP contribution in [0, 0.1) is 0 Å². The Morgan fingerprint density at radius 1 is 1.06 bits per heavy atom. The largest absolute Gasteiger partial charge is 0.319 e. The lowest BCUT2D eigenvalue weighted by atomic mass is 10.1. The summed E-state index contributed by atoms with van der Waals surface area (Å²) in [6.07, 6.45) is 0. The lowest BCUT2D eigenvalue weighted by Crippen LogP contribution is -2.19. The molecule has 0 spiro atoms. The Hall–Kier alpha value is -1.39. The fraction of sp³-hybridized carbons (Fsp3) is 0.231. The zero-order chi connectivity index (χ0) is 12.3. The Morgan fingerprint density at radius 2 is 1.76 bits per heavy atom. The number of benzene rings is 2. The first-order chi connectivity index (χ1) is 8.13. The SMILES string of the molecule is CNCCS(=O)(=O)c1ccc2ccccc2c1. The van der Waals surface area contributed by atoms with Crippen molar-refractivity contribution in [3.63, 3.8) is 0 Å². The molecule has 0 bridgehead atoms. The highest BCUT2D eigenvalue weighted by Crippen LogP contribution is 2.19. The minimum absolute atomic E-state index is 0.127. The summed E-state index contributed by atoms with van der Waals surface area (Å²) in [7, 11) is -1.43. The molecule has 0 aliphatic heterocycles. The van der Waals surface area contributed by atoms with E-state index < -0.39 is 9.84 Å². The van der Waals surface area contributed by atoms with Gasteiger partial charge in [0.1, 0.15) is 0 Å². The van der Waals surface area contributed by atoms with Crippen molar-refractivity contribution in [2.24, 2.45) is 0 Å². The molecule has 0 saturated carbocycles. The Morgan fingerprint density at radius 3 is 2.47 bits per heavy atom. The van der Waals surface area contributed by atoms with E-state index in [2.05, 4.69) is 5.32 Å². The number of sulfone groups is 1. The Bertz CT molecular complexity index is 620. The number of nitrogens with one attached hydrogen (secondary N) is 1. The second kappa shape index (κ2) is 4.85. The minimum atomic E-state index is -3.18. The zero-order valence-corrected chi connectivity index (χ0v) is 10.5. The van der Waals surface area contributed by atoms with Gasteiger partial charge in [0, 0.05) is 6.54 Å². The molecule has 0 fully saturated rings. The molecule has 0 amide bonds. The molecule has 2 aromatic rings. The molecule has 0 radical (unpaired) electrons. The fourth-order valence-electron chi connectivity index (χ4n) is 1.72. The van der Waals surface area contributed by atoms with E-state index in [-0.39, 0.29) is 5.75 Å². The molecule has 17 heavy (non-hydrogen) atoms. The number of hydrogen-bond acceptors (Lipinski definition) is 3. The summed E-state index contributed by atoms with van der Waals surface area (Å²) < 4.78 is 24.0. The van der Waals surface area contributed by atoms with Crippen molar-refractivity contribution < 1.29 is 8.42 Å². The van der Waals surface area contributed by atoms with Crippen LogP contribution in [-0.4, -0.2) is 27.8 Å². The molecule has 4 heteroatoms. The molecule has 0 atom stereocenters. The quantitative estimate of drug-likeness (QED) is 0.899. The van der Waals surface area contributed by atoms with E-state index in [9.17, 15) is 8.42 Å². The second-order valence-electron chi connectivity index (χ2n) is 3.93. The summed E-state index contributed by atoms with van der Waals surface area (Å²) >= 11 is 0. The van der Waals surface area contributed by atoms with Crippen LogP contribution in [0.3, 0.4) is 0 Å². The predicted molar refractivity (Wildman–Crippen MR) is 69.9 cm³/mol. The number of fused-ring (bicyclic) bond motifs is 1. The lowest BCUT2D eigenvalue weighted by molar-refractivity contribution is 0.593. The highest BCUT2D eigenvalue weighted by atomic mass is 32.2. The minimum Gasteiger partial charge on any atom is -0.319 e. The molecule has 0 saturated heterocycles. The van der Waals surface area contributed by atoms with E-state index in [0.29, 0.717) is 11.4 Å². The summed E-state index contributed by atoms with van der Waals surface area (Å²) in [5.74, 6) is 0.127. The Balaban J connectivity index is 2.42. The normalized spacial score (nSPS) is 11.8. The second-order valence-corrected chi connectivity index (χ2v) is 6.04. The standard InChI is InChI=1S/C13H15NO2S/c1-14-8-9-17(15,16)13-7-6-11-4-2-3-5-12(11)10-13/h2-7,10,14H,8-9H2,1H3. The van der Waals surface area contributed by atoms with Crippen LogP contribution in [0.1, 0.15) is 0 Å². The van der Waals surface area contributed by atoms with Gasteiger partial charge in [-0.15, -0.1) is 0 Å². The number of hydrogen-bond donors (Lipinski definition) is 1. The van der Waals surface area contributed by atoms with Gasteiger partial charge in [-0.25, -0.2) is 8.42 Å². The Labute approximate surface area is 101 Å². The van der Waals surface area contributed by atoms with E-state index in [1.165, 1.54) is 0 Å². The average Bonchev–Trinajstić information content (AvgIpc) is 2.36. The van der Waals surface area contributed by atoms with Crippen molar-refractivity contribution in [1.29, 1.82) is 0 Å². The lowest BCUT2D eigenvalue weighted by Gasteiger charge is -2.05. The summed E-state index contributed by atoms with van der Waals surface area (Å²) in [5.41, 5.74) is 0. The van der Waals surface area contributed by atoms with Gasteiger partial charge in [-0.05, 0) is 30.0 Å².